The molecule has 6 aromatic rings. The number of benzene rings is 6. The van der Waals surface area contributed by atoms with Crippen molar-refractivity contribution in [1.82, 2.24) is 14.7 Å². The Balaban J connectivity index is 1.39. The lowest BCUT2D eigenvalue weighted by Gasteiger charge is -2.59. The van der Waals surface area contributed by atoms with E-state index in [1.54, 1.807) is 39.3 Å². The van der Waals surface area contributed by atoms with Crippen molar-refractivity contribution in [3.63, 3.8) is 0 Å². The predicted octanol–water partition coefficient (Wildman–Crippen LogP) is 19.4. The van der Waals surface area contributed by atoms with Gasteiger partial charge in [0, 0.05) is 70.6 Å². The van der Waals surface area contributed by atoms with Crippen molar-refractivity contribution in [2.45, 2.75) is 255 Å². The number of hydrogen-bond donors (Lipinski definition) is 6. The van der Waals surface area contributed by atoms with E-state index in [2.05, 4.69) is 16.0 Å². The smallest absolute Gasteiger partial charge is 0.384 e. The van der Waals surface area contributed by atoms with E-state index in [1.165, 1.54) is 72.8 Å². The first kappa shape index (κ1) is 111. The first-order valence-corrected chi connectivity index (χ1v) is 53.6. The van der Waals surface area contributed by atoms with Gasteiger partial charge in [-0.15, -0.1) is 0 Å². The molecule has 0 unspecified atom stereocenters. The highest BCUT2D eigenvalue weighted by molar-refractivity contribution is 8.02. The van der Waals surface area contributed by atoms with Crippen LogP contribution < -0.4 is 31.4 Å². The minimum Gasteiger partial charge on any atom is -0.384 e. The summed E-state index contributed by atoms with van der Waals surface area (Å²) in [4.78, 5) is -2.43. The second-order valence-corrected chi connectivity index (χ2v) is 52.6. The summed E-state index contributed by atoms with van der Waals surface area (Å²) >= 11 is 1.41. The summed E-state index contributed by atoms with van der Waals surface area (Å²) in [6, 6.07) is 28.1. The highest BCUT2D eigenvalue weighted by Crippen LogP contribution is 2.58. The molecule has 722 valence electrons. The van der Waals surface area contributed by atoms with Crippen molar-refractivity contribution in [3.05, 3.63) is 127 Å². The number of nitrogens with one attached hydrogen (secondary N) is 3. The zero-order valence-electron chi connectivity index (χ0n) is 75.9. The lowest BCUT2D eigenvalue weighted by atomic mass is 9.57. The normalized spacial score (nSPS) is 14.3. The Labute approximate surface area is 763 Å². The number of nitrogens with zero attached hydrogens (tertiary/aromatic N) is 3. The molecular weight excluding hydrogens is 1880 g/mol. The molecule has 0 spiro atoms. The Bertz CT molecular complexity index is 5030. The van der Waals surface area contributed by atoms with E-state index in [4.69, 9.17) is 29.0 Å². The SMILES string of the molecule is CN(CCOP(=O)(OCCN(C)C(CCCNc1ccc(S(N)(=O)=O)c(Sc2ccccc2)c1S(=O)(=O)C(F)(F)F)(C(C)(C)C)C(C)(C)C)OCCN(C)C(CCCNc1ccc(S(N)(=O)=O)c(Sc2ccccc2)c1S(=O)(=O)C(F)(F)F)(C(C)(C)C)C(C)(C)C)C(CCCNc1ccc(S(N)(=O)=O)c(Sc2ccccc2)c1S(=O)(=O)C(F)(F)F)(C(C)(C)C)C(C)(C)C. The monoisotopic (exact) mass is 2000 g/mol. The molecule has 6 aromatic carbocycles. The summed E-state index contributed by atoms with van der Waals surface area (Å²) < 4.78 is 329. The number of likely N-dealkylation sites (N-methyl/N-ethyl adjacent to an activating group) is 3. The van der Waals surface area contributed by atoms with E-state index in [0.29, 0.717) is 35.3 Å². The minimum atomic E-state index is -6.30. The first-order chi connectivity index (χ1) is 58.0. The number of rotatable bonds is 42. The summed E-state index contributed by atoms with van der Waals surface area (Å²) in [6.07, 6.45) is 1.12. The van der Waals surface area contributed by atoms with Gasteiger partial charge in [0.2, 0.25) is 30.1 Å². The zero-order chi connectivity index (χ0) is 97.7. The number of nitrogens with two attached hydrogens (primary N) is 3. The van der Waals surface area contributed by atoms with E-state index in [1.807, 2.05) is 139 Å². The highest BCUT2D eigenvalue weighted by Gasteiger charge is 2.58. The zero-order valence-corrected chi connectivity index (χ0v) is 84.1. The quantitative estimate of drug-likeness (QED) is 0.0118. The third-order valence-electron chi connectivity index (χ3n) is 23.3. The molecule has 6 rings (SSSR count). The van der Waals surface area contributed by atoms with Gasteiger partial charge in [0.05, 0.1) is 66.3 Å². The van der Waals surface area contributed by atoms with Gasteiger partial charge in [-0.25, -0.2) is 70.5 Å². The molecule has 25 nitrogen and oxygen atoms in total. The van der Waals surface area contributed by atoms with Crippen LogP contribution in [0.5, 0.6) is 0 Å². The fourth-order valence-electron chi connectivity index (χ4n) is 18.9. The Hall–Kier alpha value is -5.29. The van der Waals surface area contributed by atoms with Crippen LogP contribution in [-0.4, -0.2) is 179 Å². The van der Waals surface area contributed by atoms with Gasteiger partial charge < -0.3 is 16.0 Å². The van der Waals surface area contributed by atoms with Crippen LogP contribution >= 0.6 is 43.1 Å². The molecular formula is C84H123F9N9O16PS9. The summed E-state index contributed by atoms with van der Waals surface area (Å²) in [7, 11) is -32.8. The van der Waals surface area contributed by atoms with Crippen molar-refractivity contribution < 1.29 is 108 Å². The number of hydrogen-bond acceptors (Lipinski definition) is 25. The van der Waals surface area contributed by atoms with Gasteiger partial charge in [-0.2, -0.15) is 39.5 Å². The lowest BCUT2D eigenvalue weighted by molar-refractivity contribution is -0.0909. The molecule has 0 saturated carbocycles. The summed E-state index contributed by atoms with van der Waals surface area (Å²) in [5.74, 6) is 0. The number of phosphoric ester groups is 1. The Morgan fingerprint density at radius 1 is 0.328 bits per heavy atom. The molecule has 9 N–H and O–H groups in total. The van der Waals surface area contributed by atoms with E-state index in [0.717, 1.165) is 36.4 Å². The molecule has 0 aromatic heterocycles. The molecule has 0 saturated heterocycles. The molecule has 0 heterocycles. The molecule has 44 heteroatoms. The van der Waals surface area contributed by atoms with Gasteiger partial charge in [0.15, 0.2) is 0 Å². The number of primary sulfonamides is 3. The topological polar surface area (TPSA) is 373 Å². The number of sulfone groups is 3. The van der Waals surface area contributed by atoms with Crippen LogP contribution in [0.25, 0.3) is 0 Å². The largest absolute Gasteiger partial charge is 0.502 e. The van der Waals surface area contributed by atoms with E-state index in [9.17, 15) is 90.0 Å². The molecule has 0 aliphatic carbocycles. The Morgan fingerprint density at radius 2 is 0.523 bits per heavy atom. The van der Waals surface area contributed by atoms with Gasteiger partial charge in [0.1, 0.15) is 14.7 Å². The van der Waals surface area contributed by atoms with Gasteiger partial charge >= 0.3 is 24.3 Å². The molecule has 0 amide bonds. The fourth-order valence-corrected chi connectivity index (χ4v) is 30.6. The molecule has 0 fully saturated rings. The van der Waals surface area contributed by atoms with Crippen LogP contribution in [0, 0.1) is 32.5 Å². The van der Waals surface area contributed by atoms with Crippen molar-refractivity contribution in [2.24, 2.45) is 47.9 Å². The number of phosphoric acid groups is 1. The second kappa shape index (κ2) is 41.1. The third-order valence-corrected chi connectivity index (χ3v) is 36.5. The molecule has 0 bridgehead atoms. The van der Waals surface area contributed by atoms with Crippen LogP contribution in [-0.2, 0) is 77.7 Å². The number of halogens is 9. The summed E-state index contributed by atoms with van der Waals surface area (Å²) in [5, 5.41) is 25.2. The van der Waals surface area contributed by atoms with Gasteiger partial charge in [0.25, 0.3) is 29.5 Å². The van der Waals surface area contributed by atoms with E-state index < -0.39 is 194 Å². The Kier molecular flexibility index (Phi) is 35.8. The van der Waals surface area contributed by atoms with Crippen LogP contribution in [0.1, 0.15) is 163 Å². The number of sulfonamides is 3. The molecule has 0 atom stereocenters. The van der Waals surface area contributed by atoms with Gasteiger partial charge in [-0.05, 0) is 165 Å². The van der Waals surface area contributed by atoms with E-state index in [-0.39, 0.29) is 112 Å². The molecule has 0 radical (unpaired) electrons. The molecule has 0 aliphatic heterocycles. The lowest BCUT2D eigenvalue weighted by Crippen LogP contribution is -2.64. The van der Waals surface area contributed by atoms with Crippen LogP contribution in [0.15, 0.2) is 186 Å². The minimum absolute atomic E-state index is 0.0158. The second-order valence-electron chi connectivity index (χ2n) is 37.4. The van der Waals surface area contributed by atoms with Crippen LogP contribution in [0.2, 0.25) is 0 Å². The number of alkyl halides is 9. The maximum atomic E-state index is 16.0. The van der Waals surface area contributed by atoms with Gasteiger partial charge in [-0.3, -0.25) is 28.3 Å². The maximum absolute atomic E-state index is 16.0. The first-order valence-electron chi connectivity index (χ1n) is 40.6. The maximum Gasteiger partial charge on any atom is 0.502 e. The fraction of sp³-hybridized carbons (Fsp3) is 0.571. The average Bonchev–Trinajstić information content (AvgIpc) is 0.761. The predicted molar refractivity (Wildman–Crippen MR) is 486 cm³/mol. The third kappa shape index (κ3) is 25.3. The van der Waals surface area contributed by atoms with Crippen molar-refractivity contribution >= 4 is 120 Å². The molecule has 0 aliphatic rings. The van der Waals surface area contributed by atoms with Crippen molar-refractivity contribution in [3.8, 4) is 0 Å². The van der Waals surface area contributed by atoms with Gasteiger partial charge in [-0.1, -0.05) is 215 Å². The Morgan fingerprint density at radius 3 is 0.695 bits per heavy atom. The van der Waals surface area contributed by atoms with E-state index >= 15 is 4.57 Å². The average molecular weight is 2010 g/mol. The van der Waals surface area contributed by atoms with Crippen molar-refractivity contribution in [1.29, 1.82) is 0 Å². The highest BCUT2D eigenvalue weighted by atomic mass is 32.2. The number of anilines is 3. The summed E-state index contributed by atoms with van der Waals surface area (Å²) in [6.45, 7) is 33.8. The van der Waals surface area contributed by atoms with Crippen molar-refractivity contribution in [2.75, 3.05) is 96.2 Å². The standard InChI is InChI=1S/C84H123F9N9O16PS9/c1-73(2,3)79(74(4,5)6,46-31-49-97-61-40-43-64(126(94,110)111)67(120-58-34-25-22-26-35-58)70(61)123(104,105)82(85,86)87)100(19)52-55-116-119(103,117-56-53-101(20)80(75(7,8)9,76(10,11)12)47-32-50-98-62-41-44-65(127(95,112)113)68(121-59-36-27-23-28-37-59)71(62)124(106,107)83(88,89)90)118-57-54-102(21)81(77(13,14)15,78(16,17)18)48-33-51-99-63-42-45-66(128(96,114)115)69(122-60-38-29-24-30-39-60)72(63)125(108,109)84(91,92)93/h22-30,34-45,97-99H,31-33,46-57H2,1-21H3,(H2,94,110,111)(H2,95,112,113)(H2,96,114,115). The van der Waals surface area contributed by atoms with Crippen LogP contribution in [0.3, 0.4) is 0 Å². The van der Waals surface area contributed by atoms with Crippen LogP contribution in [0.4, 0.5) is 56.6 Å². The molecule has 128 heavy (non-hydrogen) atoms. The summed E-state index contributed by atoms with van der Waals surface area (Å²) in [5.41, 5.74) is -26.4.